The maximum Gasteiger partial charge on any atom is 0.0701 e. The first kappa shape index (κ1) is 23.0. The van der Waals surface area contributed by atoms with E-state index in [-0.39, 0.29) is 1.43 Å². The van der Waals surface area contributed by atoms with Gasteiger partial charge in [0.2, 0.25) is 0 Å². The average Bonchev–Trinajstić information content (AvgIpc) is 2.48. The second kappa shape index (κ2) is 24.8. The Bertz CT molecular complexity index is 151. The average molecular weight is 311 g/mol. The van der Waals surface area contributed by atoms with Crippen LogP contribution in [-0.4, -0.2) is 72.6 Å². The third kappa shape index (κ3) is 28.6. The Labute approximate surface area is 131 Å². The highest BCUT2D eigenvalue weighted by Gasteiger charge is 1.92. The second-order valence-corrected chi connectivity index (χ2v) is 4.14. The number of nitrogens with two attached hydrogens (primary N) is 1. The van der Waals surface area contributed by atoms with E-state index >= 15 is 0 Å². The van der Waals surface area contributed by atoms with E-state index < -0.39 is 0 Å². The smallest absolute Gasteiger partial charge is 0.0701 e. The van der Waals surface area contributed by atoms with Gasteiger partial charge in [0.25, 0.3) is 0 Å². The Morgan fingerprint density at radius 3 is 1.14 bits per heavy atom. The summed E-state index contributed by atoms with van der Waals surface area (Å²) in [6.45, 7) is 12.8. The van der Waals surface area contributed by atoms with Crippen LogP contribution in [0.2, 0.25) is 0 Å². The van der Waals surface area contributed by atoms with Crippen LogP contribution < -0.4 is 5.73 Å². The molecule has 0 amide bonds. The summed E-state index contributed by atoms with van der Waals surface area (Å²) >= 11 is 0. The number of hydrogen-bond acceptors (Lipinski definition) is 6. The van der Waals surface area contributed by atoms with Gasteiger partial charge in [0, 0.05) is 14.6 Å². The number of ether oxygens (including phenoxy) is 5. The minimum atomic E-state index is 0. The van der Waals surface area contributed by atoms with Gasteiger partial charge in [-0.15, -0.1) is 0 Å². The predicted molar refractivity (Wildman–Crippen MR) is 86.9 cm³/mol. The van der Waals surface area contributed by atoms with E-state index in [0.717, 1.165) is 6.61 Å². The van der Waals surface area contributed by atoms with Crippen molar-refractivity contribution in [2.24, 2.45) is 5.73 Å². The molecular weight excluding hydrogens is 274 g/mol. The van der Waals surface area contributed by atoms with Gasteiger partial charge < -0.3 is 29.4 Å². The molecule has 0 aliphatic heterocycles. The molecule has 0 aliphatic carbocycles. The Morgan fingerprint density at radius 2 is 0.857 bits per heavy atom. The molecule has 2 N–H and O–H groups in total. The molecule has 0 atom stereocenters. The van der Waals surface area contributed by atoms with Crippen LogP contribution in [-0.2, 0) is 23.7 Å². The summed E-state index contributed by atoms with van der Waals surface area (Å²) in [5.41, 5.74) is 5.27. The Kier molecular flexibility index (Phi) is 27.2. The van der Waals surface area contributed by atoms with Crippen molar-refractivity contribution in [3.8, 4) is 0 Å². The zero-order valence-electron chi connectivity index (χ0n) is 14.1. The van der Waals surface area contributed by atoms with Gasteiger partial charge in [-0.3, -0.25) is 0 Å². The molecule has 0 spiro atoms. The van der Waals surface area contributed by atoms with E-state index in [1.807, 2.05) is 6.92 Å². The molecule has 0 saturated heterocycles. The molecule has 0 fully saturated rings. The number of rotatable bonds is 15. The van der Waals surface area contributed by atoms with Crippen LogP contribution in [0.1, 0.15) is 28.6 Å². The van der Waals surface area contributed by atoms with Crippen LogP contribution in [0, 0.1) is 0 Å². The maximum atomic E-state index is 5.32. The van der Waals surface area contributed by atoms with Gasteiger partial charge in [-0.25, -0.2) is 0 Å². The zero-order valence-corrected chi connectivity index (χ0v) is 14.1. The van der Waals surface area contributed by atoms with E-state index in [4.69, 9.17) is 29.4 Å². The first-order valence-corrected chi connectivity index (χ1v) is 7.92. The van der Waals surface area contributed by atoms with E-state index in [1.54, 1.807) is 0 Å². The minimum Gasteiger partial charge on any atom is -0.379 e. The standard InChI is InChI=1S/C12H27NO5.C3H8.H2/c1-2-14-5-6-16-9-10-18-12-11-17-8-7-15-4-3-13;1-3-2;/h2-13H2,1H3;3H2,1-2H3;1H. The molecule has 21 heavy (non-hydrogen) atoms. The molecular formula is C15H37NO5. The highest BCUT2D eigenvalue weighted by Crippen LogP contribution is 1.83. The summed E-state index contributed by atoms with van der Waals surface area (Å²) in [6.07, 6.45) is 1.25. The first-order valence-electron chi connectivity index (χ1n) is 7.92. The molecule has 0 unspecified atom stereocenters. The molecule has 0 aromatic rings. The quantitative estimate of drug-likeness (QED) is 0.464. The predicted octanol–water partition coefficient (Wildman–Crippen LogP) is 1.71. The van der Waals surface area contributed by atoms with Crippen LogP contribution >= 0.6 is 0 Å². The van der Waals surface area contributed by atoms with Crippen LogP contribution in [0.25, 0.3) is 0 Å². The molecule has 6 heteroatoms. The van der Waals surface area contributed by atoms with E-state index in [0.29, 0.717) is 66.0 Å². The lowest BCUT2D eigenvalue weighted by atomic mass is 10.6. The molecule has 0 aromatic carbocycles. The molecule has 132 valence electrons. The van der Waals surface area contributed by atoms with Crippen LogP contribution in [0.5, 0.6) is 0 Å². The van der Waals surface area contributed by atoms with Crippen molar-refractivity contribution >= 4 is 0 Å². The van der Waals surface area contributed by atoms with Crippen LogP contribution in [0.4, 0.5) is 0 Å². The van der Waals surface area contributed by atoms with Gasteiger partial charge in [-0.05, 0) is 6.92 Å². The van der Waals surface area contributed by atoms with Gasteiger partial charge in [0.1, 0.15) is 0 Å². The SMILES string of the molecule is CCC.CCOCCOCCOCCOCCOCCN.[HH]. The lowest BCUT2D eigenvalue weighted by molar-refractivity contribution is -0.00967. The first-order chi connectivity index (χ1) is 10.3. The van der Waals surface area contributed by atoms with Gasteiger partial charge in [-0.1, -0.05) is 20.3 Å². The molecule has 0 aromatic heterocycles. The minimum absolute atomic E-state index is 0. The molecule has 6 nitrogen and oxygen atoms in total. The van der Waals surface area contributed by atoms with Crippen LogP contribution in [0.3, 0.4) is 0 Å². The maximum absolute atomic E-state index is 5.32. The molecule has 0 rings (SSSR count). The van der Waals surface area contributed by atoms with E-state index in [9.17, 15) is 0 Å². The highest BCUT2D eigenvalue weighted by atomic mass is 16.6. The largest absolute Gasteiger partial charge is 0.379 e. The van der Waals surface area contributed by atoms with Crippen molar-refractivity contribution in [2.75, 3.05) is 72.6 Å². The Hall–Kier alpha value is -0.240. The van der Waals surface area contributed by atoms with Gasteiger partial charge in [0.05, 0.1) is 59.5 Å². The van der Waals surface area contributed by atoms with Crippen molar-refractivity contribution in [2.45, 2.75) is 27.2 Å². The lowest BCUT2D eigenvalue weighted by Crippen LogP contribution is -2.14. The second-order valence-electron chi connectivity index (χ2n) is 4.14. The number of hydrogen-bond donors (Lipinski definition) is 1. The topological polar surface area (TPSA) is 72.2 Å². The summed E-state index contributed by atoms with van der Waals surface area (Å²) in [6, 6.07) is 0. The zero-order chi connectivity index (χ0) is 16.0. The summed E-state index contributed by atoms with van der Waals surface area (Å²) in [5, 5.41) is 0. The van der Waals surface area contributed by atoms with E-state index in [1.165, 1.54) is 6.42 Å². The normalized spacial score (nSPS) is 10.3. The van der Waals surface area contributed by atoms with E-state index in [2.05, 4.69) is 13.8 Å². The summed E-state index contributed by atoms with van der Waals surface area (Å²) < 4.78 is 26.2. The lowest BCUT2D eigenvalue weighted by Gasteiger charge is -2.07. The molecule has 0 heterocycles. The van der Waals surface area contributed by atoms with Crippen molar-refractivity contribution in [1.29, 1.82) is 0 Å². The highest BCUT2D eigenvalue weighted by molar-refractivity contribution is 4.36. The van der Waals surface area contributed by atoms with Gasteiger partial charge in [-0.2, -0.15) is 0 Å². The molecule has 0 aliphatic rings. The van der Waals surface area contributed by atoms with Crippen molar-refractivity contribution in [3.63, 3.8) is 0 Å². The fourth-order valence-electron chi connectivity index (χ4n) is 1.11. The fourth-order valence-corrected chi connectivity index (χ4v) is 1.11. The van der Waals surface area contributed by atoms with Crippen molar-refractivity contribution in [3.05, 3.63) is 0 Å². The van der Waals surface area contributed by atoms with Gasteiger partial charge in [0.15, 0.2) is 0 Å². The van der Waals surface area contributed by atoms with Crippen molar-refractivity contribution in [1.82, 2.24) is 0 Å². The molecule has 0 bridgehead atoms. The third-order valence-corrected chi connectivity index (χ3v) is 1.95. The van der Waals surface area contributed by atoms with Gasteiger partial charge >= 0.3 is 0 Å². The fraction of sp³-hybridized carbons (Fsp3) is 1.00. The third-order valence-electron chi connectivity index (χ3n) is 1.95. The Balaban J connectivity index is -0.000000827. The summed E-state index contributed by atoms with van der Waals surface area (Å²) in [4.78, 5) is 0. The summed E-state index contributed by atoms with van der Waals surface area (Å²) in [7, 11) is 0. The summed E-state index contributed by atoms with van der Waals surface area (Å²) in [5.74, 6) is 0. The Morgan fingerprint density at radius 1 is 0.571 bits per heavy atom. The monoisotopic (exact) mass is 311 g/mol. The van der Waals surface area contributed by atoms with Crippen molar-refractivity contribution < 1.29 is 25.1 Å². The molecule has 0 radical (unpaired) electrons. The molecule has 0 saturated carbocycles. The van der Waals surface area contributed by atoms with Crippen LogP contribution in [0.15, 0.2) is 0 Å².